The van der Waals surface area contributed by atoms with Gasteiger partial charge < -0.3 is 38.6 Å². The van der Waals surface area contributed by atoms with Crippen LogP contribution in [-0.2, 0) is 0 Å². The third-order valence-electron chi connectivity index (χ3n) is 7.72. The van der Waals surface area contributed by atoms with Gasteiger partial charge in [0.25, 0.3) is 0 Å². The average molecular weight is 658 g/mol. The van der Waals surface area contributed by atoms with Gasteiger partial charge >= 0.3 is 0 Å². The minimum absolute atomic E-state index is 0.0856. The minimum Gasteiger partial charge on any atom is -0.493 e. The predicted octanol–water partition coefficient (Wildman–Crippen LogP) is 7.51. The summed E-state index contributed by atoms with van der Waals surface area (Å²) >= 11 is 1.55. The highest BCUT2D eigenvalue weighted by Gasteiger charge is 2.32. The molecule has 10 heteroatoms. The van der Waals surface area contributed by atoms with Crippen molar-refractivity contribution in [2.24, 2.45) is 0 Å². The Morgan fingerprint density at radius 1 is 0.660 bits per heavy atom. The normalized spacial score (nSPS) is 12.6. The zero-order chi connectivity index (χ0) is 33.6. The molecule has 1 heterocycles. The number of nitrogens with zero attached hydrogens (tertiary/aromatic N) is 1. The number of rotatable bonds is 14. The lowest BCUT2D eigenvalue weighted by Gasteiger charge is -2.32. The number of thiazole rings is 1. The fourth-order valence-electron chi connectivity index (χ4n) is 5.04. The Labute approximate surface area is 278 Å². The summed E-state index contributed by atoms with van der Waals surface area (Å²) in [6, 6.07) is 25.9. The number of methoxy groups -OCH3 is 4. The Morgan fingerprint density at radius 3 is 1.79 bits per heavy atom. The van der Waals surface area contributed by atoms with Gasteiger partial charge in [-0.2, -0.15) is 0 Å². The number of aromatic nitrogens is 1. The number of benzene rings is 4. The first-order chi connectivity index (χ1) is 22.6. The molecule has 0 bridgehead atoms. The van der Waals surface area contributed by atoms with Crippen molar-refractivity contribution < 1.29 is 38.6 Å². The summed E-state index contributed by atoms with van der Waals surface area (Å²) in [5, 5.41) is 24.6. The predicted molar refractivity (Wildman–Crippen MR) is 182 cm³/mol. The molecule has 1 aromatic heterocycles. The van der Waals surface area contributed by atoms with E-state index in [0.717, 1.165) is 21.8 Å². The molecule has 0 amide bonds. The number of aliphatic hydroxyl groups excluding tert-OH is 2. The van der Waals surface area contributed by atoms with Gasteiger partial charge in [-0.25, -0.2) is 4.98 Å². The first-order valence-electron chi connectivity index (χ1n) is 14.9. The second-order valence-corrected chi connectivity index (χ2v) is 12.1. The average Bonchev–Trinajstić information content (AvgIpc) is 3.60. The van der Waals surface area contributed by atoms with Crippen LogP contribution in [0, 0.1) is 0 Å². The second kappa shape index (κ2) is 14.8. The van der Waals surface area contributed by atoms with Crippen LogP contribution in [0.25, 0.3) is 21.8 Å². The summed E-state index contributed by atoms with van der Waals surface area (Å²) in [5.74, 6) is 3.54. The largest absolute Gasteiger partial charge is 0.493 e. The Kier molecular flexibility index (Phi) is 10.6. The molecular weight excluding hydrogens is 618 g/mol. The molecule has 2 N–H and O–H groups in total. The molecule has 47 heavy (non-hydrogen) atoms. The van der Waals surface area contributed by atoms with Gasteiger partial charge in [-0.3, -0.25) is 0 Å². The molecule has 0 aliphatic rings. The van der Waals surface area contributed by atoms with Gasteiger partial charge in [-0.05, 0) is 97.8 Å². The van der Waals surface area contributed by atoms with Crippen molar-refractivity contribution in [1.82, 2.24) is 4.98 Å². The molecule has 0 spiro atoms. The lowest BCUT2D eigenvalue weighted by atomic mass is 9.94. The van der Waals surface area contributed by atoms with E-state index in [9.17, 15) is 10.2 Å². The van der Waals surface area contributed by atoms with Crippen LogP contribution in [0.5, 0.6) is 34.5 Å². The molecule has 5 rings (SSSR count). The van der Waals surface area contributed by atoms with Gasteiger partial charge in [-0.1, -0.05) is 12.1 Å². The summed E-state index contributed by atoms with van der Waals surface area (Å²) in [6.07, 6.45) is -1.75. The van der Waals surface area contributed by atoms with Gasteiger partial charge in [-0.15, -0.1) is 11.3 Å². The zero-order valence-corrected chi connectivity index (χ0v) is 28.0. The first-order valence-corrected chi connectivity index (χ1v) is 15.8. The highest BCUT2D eigenvalue weighted by atomic mass is 32.1. The van der Waals surface area contributed by atoms with Gasteiger partial charge in [0.05, 0.1) is 34.1 Å². The van der Waals surface area contributed by atoms with E-state index in [1.165, 1.54) is 0 Å². The van der Waals surface area contributed by atoms with Crippen LogP contribution >= 0.6 is 11.3 Å². The third-order valence-corrected chi connectivity index (χ3v) is 8.61. The van der Waals surface area contributed by atoms with E-state index in [4.69, 9.17) is 33.4 Å². The van der Waals surface area contributed by atoms with Crippen LogP contribution in [0.3, 0.4) is 0 Å². The summed E-state index contributed by atoms with van der Waals surface area (Å²) in [5.41, 5.74) is 3.16. The number of ether oxygens (including phenoxy) is 6. The highest BCUT2D eigenvalue weighted by Crippen LogP contribution is 2.37. The Bertz CT molecular complexity index is 1770. The van der Waals surface area contributed by atoms with E-state index in [1.54, 1.807) is 76.2 Å². The van der Waals surface area contributed by atoms with Gasteiger partial charge in [0.2, 0.25) is 0 Å². The third kappa shape index (κ3) is 7.79. The molecule has 246 valence electrons. The van der Waals surface area contributed by atoms with Crippen molar-refractivity contribution in [2.45, 2.75) is 31.7 Å². The van der Waals surface area contributed by atoms with Crippen molar-refractivity contribution in [3.63, 3.8) is 0 Å². The standard InChI is InChI=1S/C37H39NO8S/c1-37(2,35(40)26-12-18-32(42-4)34(20-26)44-6)46-28-15-7-23(8-16-28)29-22-47-36(38-29)24-9-13-27(14-10-24)45-21-30(39)25-11-17-31(41-3)33(19-25)43-5/h7-20,22,30,35,39-40H,21H2,1-6H3. The maximum atomic E-state index is 11.1. The van der Waals surface area contributed by atoms with Crippen molar-refractivity contribution in [1.29, 1.82) is 0 Å². The van der Waals surface area contributed by atoms with Gasteiger partial charge in [0.15, 0.2) is 23.0 Å². The van der Waals surface area contributed by atoms with Crippen LogP contribution in [-0.4, -0.2) is 55.8 Å². The molecule has 4 aromatic carbocycles. The monoisotopic (exact) mass is 657 g/mol. The molecule has 5 aromatic rings. The van der Waals surface area contributed by atoms with Crippen LogP contribution in [0.15, 0.2) is 90.3 Å². The maximum absolute atomic E-state index is 11.1. The van der Waals surface area contributed by atoms with Crippen LogP contribution in [0.2, 0.25) is 0 Å². The lowest BCUT2D eigenvalue weighted by Crippen LogP contribution is -2.36. The van der Waals surface area contributed by atoms with Crippen LogP contribution in [0.4, 0.5) is 0 Å². The molecule has 0 radical (unpaired) electrons. The first kappa shape index (κ1) is 33.6. The molecule has 0 aliphatic heterocycles. The van der Waals surface area contributed by atoms with Crippen LogP contribution in [0.1, 0.15) is 37.2 Å². The van der Waals surface area contributed by atoms with Gasteiger partial charge in [0.1, 0.15) is 40.9 Å². The highest BCUT2D eigenvalue weighted by molar-refractivity contribution is 7.13. The fraction of sp³-hybridized carbons (Fsp3) is 0.270. The zero-order valence-electron chi connectivity index (χ0n) is 27.2. The summed E-state index contributed by atoms with van der Waals surface area (Å²) in [4.78, 5) is 4.84. The molecule has 0 aliphatic carbocycles. The molecule has 9 nitrogen and oxygen atoms in total. The molecule has 0 saturated heterocycles. The number of hydrogen-bond donors (Lipinski definition) is 2. The SMILES string of the molecule is COc1ccc(C(O)COc2ccc(-c3nc(-c4ccc(OC(C)(C)C(O)c5ccc(OC)c(OC)c5)cc4)cs3)cc2)cc1OC. The number of aliphatic hydroxyl groups is 2. The minimum atomic E-state index is -0.924. The quantitative estimate of drug-likeness (QED) is 0.125. The second-order valence-electron chi connectivity index (χ2n) is 11.3. The van der Waals surface area contributed by atoms with Gasteiger partial charge in [0, 0.05) is 16.5 Å². The molecule has 0 saturated carbocycles. The van der Waals surface area contributed by atoms with E-state index in [0.29, 0.717) is 45.6 Å². The lowest BCUT2D eigenvalue weighted by molar-refractivity contribution is -0.0302. The summed E-state index contributed by atoms with van der Waals surface area (Å²) in [7, 11) is 6.26. The maximum Gasteiger partial charge on any atom is 0.161 e. The topological polar surface area (TPSA) is 109 Å². The van der Waals surface area contributed by atoms with Crippen molar-refractivity contribution in [3.05, 3.63) is 101 Å². The van der Waals surface area contributed by atoms with Crippen molar-refractivity contribution in [3.8, 4) is 56.3 Å². The van der Waals surface area contributed by atoms with E-state index >= 15 is 0 Å². The van der Waals surface area contributed by atoms with E-state index in [1.807, 2.05) is 67.8 Å². The smallest absolute Gasteiger partial charge is 0.161 e. The van der Waals surface area contributed by atoms with E-state index < -0.39 is 17.8 Å². The molecule has 2 unspecified atom stereocenters. The summed E-state index contributed by atoms with van der Waals surface area (Å²) in [6.45, 7) is 3.76. The Balaban J connectivity index is 1.19. The summed E-state index contributed by atoms with van der Waals surface area (Å²) < 4.78 is 33.4. The fourth-order valence-corrected chi connectivity index (χ4v) is 5.88. The molecular formula is C37H39NO8S. The van der Waals surface area contributed by atoms with Crippen molar-refractivity contribution in [2.75, 3.05) is 35.0 Å². The Hall–Kier alpha value is -4.77. The van der Waals surface area contributed by atoms with Crippen LogP contribution < -0.4 is 28.4 Å². The van der Waals surface area contributed by atoms with E-state index in [-0.39, 0.29) is 6.61 Å². The number of hydrogen-bond acceptors (Lipinski definition) is 10. The van der Waals surface area contributed by atoms with E-state index in [2.05, 4.69) is 0 Å². The Morgan fingerprint density at radius 2 is 1.19 bits per heavy atom. The van der Waals surface area contributed by atoms with Crippen molar-refractivity contribution >= 4 is 11.3 Å². The molecule has 2 atom stereocenters. The molecule has 0 fully saturated rings.